The Morgan fingerprint density at radius 2 is 1.63 bits per heavy atom. The summed E-state index contributed by atoms with van der Waals surface area (Å²) in [5.41, 5.74) is 2.84. The number of ether oxygens (including phenoxy) is 1. The van der Waals surface area contributed by atoms with Crippen molar-refractivity contribution >= 4 is 33.7 Å². The second-order valence-corrected chi connectivity index (χ2v) is 9.58. The fourth-order valence-corrected chi connectivity index (χ4v) is 4.32. The van der Waals surface area contributed by atoms with E-state index in [1.54, 1.807) is 36.4 Å². The number of rotatable bonds is 9. The number of carbonyl (C=O) groups is 2. The van der Waals surface area contributed by atoms with E-state index >= 15 is 0 Å². The molecule has 1 fully saturated rings. The van der Waals surface area contributed by atoms with Crippen molar-refractivity contribution in [2.24, 2.45) is 0 Å². The first-order chi connectivity index (χ1) is 17.0. The molecular weight excluding hydrogens is 504 g/mol. The molecule has 1 aliphatic heterocycles. The van der Waals surface area contributed by atoms with Crippen LogP contribution >= 0.6 is 15.9 Å². The van der Waals surface area contributed by atoms with Crippen LogP contribution in [0.2, 0.25) is 0 Å². The largest absolute Gasteiger partial charge is 0.484 e. The standard InChI is InChI=1S/C29H29BrN2O3/c30-25-11-6-22(7-12-25)8-15-28(33)24-9-13-27(14-10-24)35-21-29(34)31-26-16-18-32(19-17-26)20-23-4-2-1-3-5-23/h1-15,26H,16-21H2,(H,31,34). The minimum atomic E-state index is -0.121. The smallest absolute Gasteiger partial charge is 0.258 e. The number of halogens is 1. The Hall–Kier alpha value is -3.22. The average Bonchev–Trinajstić information content (AvgIpc) is 2.89. The quantitative estimate of drug-likeness (QED) is 0.291. The highest BCUT2D eigenvalue weighted by Crippen LogP contribution is 2.16. The monoisotopic (exact) mass is 532 g/mol. The van der Waals surface area contributed by atoms with Gasteiger partial charge in [0.25, 0.3) is 5.91 Å². The lowest BCUT2D eigenvalue weighted by Gasteiger charge is -2.32. The predicted molar refractivity (Wildman–Crippen MR) is 142 cm³/mol. The zero-order chi connectivity index (χ0) is 24.5. The van der Waals surface area contributed by atoms with Crippen molar-refractivity contribution < 1.29 is 14.3 Å². The summed E-state index contributed by atoms with van der Waals surface area (Å²) >= 11 is 3.40. The number of allylic oxidation sites excluding steroid dienone is 1. The molecule has 1 heterocycles. The average molecular weight is 533 g/mol. The zero-order valence-electron chi connectivity index (χ0n) is 19.5. The van der Waals surface area contributed by atoms with Crippen LogP contribution in [0.4, 0.5) is 0 Å². The molecule has 3 aromatic rings. The van der Waals surface area contributed by atoms with Crippen LogP contribution in [0.5, 0.6) is 5.75 Å². The first kappa shape index (κ1) is 24.9. The van der Waals surface area contributed by atoms with E-state index in [0.717, 1.165) is 42.5 Å². The van der Waals surface area contributed by atoms with E-state index in [4.69, 9.17) is 4.74 Å². The van der Waals surface area contributed by atoms with E-state index in [-0.39, 0.29) is 24.3 Å². The lowest BCUT2D eigenvalue weighted by molar-refractivity contribution is -0.124. The number of nitrogens with zero attached hydrogens (tertiary/aromatic N) is 1. The molecule has 180 valence electrons. The normalized spacial score (nSPS) is 14.7. The van der Waals surface area contributed by atoms with Crippen LogP contribution in [0.15, 0.2) is 89.4 Å². The lowest BCUT2D eigenvalue weighted by atomic mass is 10.0. The van der Waals surface area contributed by atoms with Gasteiger partial charge in [0.05, 0.1) is 0 Å². The Kier molecular flexibility index (Phi) is 8.87. The molecule has 0 spiro atoms. The molecule has 4 rings (SSSR count). The summed E-state index contributed by atoms with van der Waals surface area (Å²) in [6.07, 6.45) is 5.21. The van der Waals surface area contributed by atoms with Crippen molar-refractivity contribution in [2.45, 2.75) is 25.4 Å². The Bertz CT molecular complexity index is 1140. The van der Waals surface area contributed by atoms with Crippen LogP contribution in [0, 0.1) is 0 Å². The topological polar surface area (TPSA) is 58.6 Å². The van der Waals surface area contributed by atoms with Gasteiger partial charge in [-0.2, -0.15) is 0 Å². The van der Waals surface area contributed by atoms with Crippen molar-refractivity contribution in [2.75, 3.05) is 19.7 Å². The lowest BCUT2D eigenvalue weighted by Crippen LogP contribution is -2.45. The molecule has 0 bridgehead atoms. The molecule has 0 saturated carbocycles. The highest BCUT2D eigenvalue weighted by Gasteiger charge is 2.20. The van der Waals surface area contributed by atoms with Gasteiger partial charge in [-0.3, -0.25) is 14.5 Å². The molecular formula is C29H29BrN2O3. The van der Waals surface area contributed by atoms with Gasteiger partial charge in [0.1, 0.15) is 5.75 Å². The van der Waals surface area contributed by atoms with Crippen LogP contribution < -0.4 is 10.1 Å². The van der Waals surface area contributed by atoms with Gasteiger partial charge in [0.2, 0.25) is 0 Å². The maximum atomic E-state index is 12.4. The van der Waals surface area contributed by atoms with E-state index in [2.05, 4.69) is 50.4 Å². The van der Waals surface area contributed by atoms with Gasteiger partial charge in [0.15, 0.2) is 12.4 Å². The van der Waals surface area contributed by atoms with Gasteiger partial charge in [-0.05, 0) is 66.4 Å². The second kappa shape index (κ2) is 12.5. The molecule has 5 nitrogen and oxygen atoms in total. The maximum Gasteiger partial charge on any atom is 0.258 e. The van der Waals surface area contributed by atoms with Gasteiger partial charge >= 0.3 is 0 Å². The van der Waals surface area contributed by atoms with Crippen LogP contribution in [-0.2, 0) is 11.3 Å². The molecule has 0 aromatic heterocycles. The molecule has 1 amide bonds. The predicted octanol–water partition coefficient (Wildman–Crippen LogP) is 5.50. The number of amides is 1. The summed E-state index contributed by atoms with van der Waals surface area (Å²) < 4.78 is 6.62. The fourth-order valence-electron chi connectivity index (χ4n) is 4.05. The van der Waals surface area contributed by atoms with Crippen molar-refractivity contribution in [3.8, 4) is 5.75 Å². The summed E-state index contributed by atoms with van der Waals surface area (Å²) in [6.45, 7) is 2.84. The summed E-state index contributed by atoms with van der Waals surface area (Å²) in [4.78, 5) is 27.2. The first-order valence-electron chi connectivity index (χ1n) is 11.8. The molecule has 6 heteroatoms. The second-order valence-electron chi connectivity index (χ2n) is 8.67. The highest BCUT2D eigenvalue weighted by atomic mass is 79.9. The molecule has 1 saturated heterocycles. The fraction of sp³-hybridized carbons (Fsp3) is 0.241. The Balaban J connectivity index is 1.17. The van der Waals surface area contributed by atoms with Crippen molar-refractivity contribution in [3.05, 3.63) is 106 Å². The Morgan fingerprint density at radius 3 is 2.31 bits per heavy atom. The molecule has 0 unspecified atom stereocenters. The molecule has 1 aliphatic rings. The number of nitrogens with one attached hydrogen (secondary N) is 1. The van der Waals surface area contributed by atoms with Crippen molar-refractivity contribution in [1.82, 2.24) is 10.2 Å². The third-order valence-corrected chi connectivity index (χ3v) is 6.54. The van der Waals surface area contributed by atoms with Gasteiger partial charge in [-0.1, -0.05) is 64.5 Å². The van der Waals surface area contributed by atoms with Crippen LogP contribution in [0.3, 0.4) is 0 Å². The Morgan fingerprint density at radius 1 is 0.943 bits per heavy atom. The molecule has 0 aliphatic carbocycles. The molecule has 0 radical (unpaired) electrons. The number of piperidine rings is 1. The third kappa shape index (κ3) is 7.91. The zero-order valence-corrected chi connectivity index (χ0v) is 21.1. The van der Waals surface area contributed by atoms with E-state index in [1.165, 1.54) is 5.56 Å². The first-order valence-corrected chi connectivity index (χ1v) is 12.6. The highest BCUT2D eigenvalue weighted by molar-refractivity contribution is 9.10. The van der Waals surface area contributed by atoms with Gasteiger partial charge < -0.3 is 10.1 Å². The van der Waals surface area contributed by atoms with Gasteiger partial charge in [-0.15, -0.1) is 0 Å². The molecule has 3 aromatic carbocycles. The van der Waals surface area contributed by atoms with Crippen LogP contribution in [0.1, 0.15) is 34.3 Å². The summed E-state index contributed by atoms with van der Waals surface area (Å²) in [5.74, 6) is 0.353. The van der Waals surface area contributed by atoms with Crippen molar-refractivity contribution in [3.63, 3.8) is 0 Å². The van der Waals surface area contributed by atoms with E-state index in [1.807, 2.05) is 30.3 Å². The molecule has 35 heavy (non-hydrogen) atoms. The number of hydrogen-bond donors (Lipinski definition) is 1. The number of likely N-dealkylation sites (tertiary alicyclic amines) is 1. The van der Waals surface area contributed by atoms with E-state index < -0.39 is 0 Å². The van der Waals surface area contributed by atoms with Crippen LogP contribution in [0.25, 0.3) is 6.08 Å². The maximum absolute atomic E-state index is 12.4. The van der Waals surface area contributed by atoms with E-state index in [0.29, 0.717) is 11.3 Å². The summed E-state index contributed by atoms with van der Waals surface area (Å²) in [7, 11) is 0. The SMILES string of the molecule is O=C(COc1ccc(C(=O)C=Cc2ccc(Br)cc2)cc1)NC1CCN(Cc2ccccc2)CC1. The van der Waals surface area contributed by atoms with Crippen LogP contribution in [-0.4, -0.2) is 42.3 Å². The summed E-state index contributed by atoms with van der Waals surface area (Å²) in [6, 6.07) is 25.2. The number of carbonyl (C=O) groups excluding carboxylic acids is 2. The molecule has 0 atom stereocenters. The number of hydrogen-bond acceptors (Lipinski definition) is 4. The van der Waals surface area contributed by atoms with E-state index in [9.17, 15) is 9.59 Å². The number of benzene rings is 3. The van der Waals surface area contributed by atoms with Gasteiger partial charge in [-0.25, -0.2) is 0 Å². The van der Waals surface area contributed by atoms with Crippen molar-refractivity contribution in [1.29, 1.82) is 0 Å². The van der Waals surface area contributed by atoms with Gasteiger partial charge in [0, 0.05) is 35.7 Å². The minimum absolute atomic E-state index is 0.0407. The third-order valence-electron chi connectivity index (χ3n) is 6.01. The minimum Gasteiger partial charge on any atom is -0.484 e. The number of ketones is 1. The Labute approximate surface area is 214 Å². The summed E-state index contributed by atoms with van der Waals surface area (Å²) in [5, 5.41) is 3.08. The molecule has 1 N–H and O–H groups in total.